The van der Waals surface area contributed by atoms with Crippen molar-refractivity contribution in [2.24, 2.45) is 0 Å². The molecule has 0 unspecified atom stereocenters. The number of pyridine rings is 1. The SMILES string of the molecule is CNc1cnccc1C(=O)OC.Fc1ccccc1Sc1ccc2c(c1)CCCC2. The first-order valence-corrected chi connectivity index (χ1v) is 10.7. The molecule has 4 nitrogen and oxygen atoms in total. The summed E-state index contributed by atoms with van der Waals surface area (Å²) < 4.78 is 18.2. The molecule has 1 N–H and O–H groups in total. The Morgan fingerprint density at radius 1 is 1.10 bits per heavy atom. The summed E-state index contributed by atoms with van der Waals surface area (Å²) in [5.41, 5.74) is 4.08. The third-order valence-corrected chi connectivity index (χ3v) is 5.92. The minimum Gasteiger partial charge on any atom is -0.465 e. The maximum atomic E-state index is 13.6. The highest BCUT2D eigenvalue weighted by Gasteiger charge is 2.11. The molecule has 0 radical (unpaired) electrons. The van der Waals surface area contributed by atoms with Crippen LogP contribution in [0.2, 0.25) is 0 Å². The number of esters is 1. The van der Waals surface area contributed by atoms with Gasteiger partial charge in [0.15, 0.2) is 0 Å². The minimum atomic E-state index is -0.359. The van der Waals surface area contributed by atoms with Crippen LogP contribution in [0.4, 0.5) is 10.1 Å². The number of aryl methyl sites for hydroxylation is 2. The van der Waals surface area contributed by atoms with Crippen molar-refractivity contribution in [1.82, 2.24) is 4.98 Å². The Hall–Kier alpha value is -2.86. The monoisotopic (exact) mass is 424 g/mol. The lowest BCUT2D eigenvalue weighted by Gasteiger charge is -2.16. The Morgan fingerprint density at radius 3 is 2.60 bits per heavy atom. The van der Waals surface area contributed by atoms with Crippen LogP contribution in [0.25, 0.3) is 0 Å². The van der Waals surface area contributed by atoms with E-state index in [4.69, 9.17) is 0 Å². The van der Waals surface area contributed by atoms with Gasteiger partial charge in [0, 0.05) is 23.0 Å². The molecule has 0 fully saturated rings. The number of hydrogen-bond donors (Lipinski definition) is 1. The summed E-state index contributed by atoms with van der Waals surface area (Å²) in [5.74, 6) is -0.498. The molecule has 156 valence electrons. The fraction of sp³-hybridized carbons (Fsp3) is 0.250. The van der Waals surface area contributed by atoms with E-state index >= 15 is 0 Å². The number of fused-ring (bicyclic) bond motifs is 1. The first-order valence-electron chi connectivity index (χ1n) is 9.86. The van der Waals surface area contributed by atoms with E-state index in [9.17, 15) is 9.18 Å². The summed E-state index contributed by atoms with van der Waals surface area (Å²) in [6.07, 6.45) is 8.06. The lowest BCUT2D eigenvalue weighted by atomic mass is 9.92. The molecule has 0 atom stereocenters. The van der Waals surface area contributed by atoms with Gasteiger partial charge in [-0.05, 0) is 67.1 Å². The van der Waals surface area contributed by atoms with E-state index in [2.05, 4.69) is 33.2 Å². The van der Waals surface area contributed by atoms with E-state index in [-0.39, 0.29) is 11.8 Å². The van der Waals surface area contributed by atoms with E-state index in [1.54, 1.807) is 31.6 Å². The molecule has 0 saturated carbocycles. The second-order valence-electron chi connectivity index (χ2n) is 6.83. The van der Waals surface area contributed by atoms with Gasteiger partial charge in [-0.25, -0.2) is 9.18 Å². The average molecular weight is 425 g/mol. The summed E-state index contributed by atoms with van der Waals surface area (Å²) in [5, 5.41) is 2.85. The predicted octanol–water partition coefficient (Wildman–Crippen LogP) is 5.77. The highest BCUT2D eigenvalue weighted by Crippen LogP contribution is 2.32. The van der Waals surface area contributed by atoms with E-state index in [1.807, 2.05) is 12.1 Å². The zero-order valence-electron chi connectivity index (χ0n) is 17.2. The third kappa shape index (κ3) is 5.60. The number of nitrogens with zero attached hydrogens (tertiary/aromatic N) is 1. The van der Waals surface area contributed by atoms with Gasteiger partial charge in [0.25, 0.3) is 0 Å². The normalized spacial score (nSPS) is 12.2. The number of benzene rings is 2. The van der Waals surface area contributed by atoms with Crippen molar-refractivity contribution >= 4 is 23.4 Å². The van der Waals surface area contributed by atoms with Crippen molar-refractivity contribution in [3.05, 3.63) is 83.4 Å². The van der Waals surface area contributed by atoms with Crippen molar-refractivity contribution in [3.63, 3.8) is 0 Å². The maximum absolute atomic E-state index is 13.6. The number of nitrogens with one attached hydrogen (secondary N) is 1. The Labute approximate surface area is 180 Å². The van der Waals surface area contributed by atoms with E-state index < -0.39 is 0 Å². The van der Waals surface area contributed by atoms with Gasteiger partial charge in [-0.15, -0.1) is 0 Å². The quantitative estimate of drug-likeness (QED) is 0.539. The van der Waals surface area contributed by atoms with Crippen LogP contribution in [0.5, 0.6) is 0 Å². The van der Waals surface area contributed by atoms with Crippen LogP contribution in [0, 0.1) is 5.82 Å². The summed E-state index contributed by atoms with van der Waals surface area (Å²) in [6.45, 7) is 0. The molecule has 1 heterocycles. The molecule has 2 aromatic carbocycles. The van der Waals surface area contributed by atoms with Crippen LogP contribution < -0.4 is 5.32 Å². The lowest BCUT2D eigenvalue weighted by molar-refractivity contribution is 0.0601. The molecule has 0 spiro atoms. The first kappa shape index (κ1) is 21.8. The molecule has 0 amide bonds. The third-order valence-electron chi connectivity index (χ3n) is 4.88. The molecule has 0 saturated heterocycles. The molecule has 1 aliphatic rings. The van der Waals surface area contributed by atoms with Crippen molar-refractivity contribution in [3.8, 4) is 0 Å². The van der Waals surface area contributed by atoms with E-state index in [1.165, 1.54) is 61.7 Å². The Kier molecular flexibility index (Phi) is 7.85. The molecule has 6 heteroatoms. The van der Waals surface area contributed by atoms with Crippen molar-refractivity contribution in [2.75, 3.05) is 19.5 Å². The second-order valence-corrected chi connectivity index (χ2v) is 7.95. The van der Waals surface area contributed by atoms with E-state index in [0.717, 1.165) is 4.90 Å². The van der Waals surface area contributed by atoms with Gasteiger partial charge in [0.05, 0.1) is 24.6 Å². The maximum Gasteiger partial charge on any atom is 0.340 e. The van der Waals surface area contributed by atoms with Gasteiger partial charge in [-0.3, -0.25) is 4.98 Å². The molecular weight excluding hydrogens is 399 g/mol. The molecule has 1 aliphatic carbocycles. The number of hydrogen-bond acceptors (Lipinski definition) is 5. The Balaban J connectivity index is 0.000000187. The van der Waals surface area contributed by atoms with Crippen molar-refractivity contribution < 1.29 is 13.9 Å². The van der Waals surface area contributed by atoms with Crippen LogP contribution in [0.15, 0.2) is 70.7 Å². The average Bonchev–Trinajstić information content (AvgIpc) is 2.80. The van der Waals surface area contributed by atoms with Crippen LogP contribution >= 0.6 is 11.8 Å². The predicted molar refractivity (Wildman–Crippen MR) is 119 cm³/mol. The first-order chi connectivity index (χ1) is 14.6. The molecule has 30 heavy (non-hydrogen) atoms. The number of halogens is 1. The van der Waals surface area contributed by atoms with Gasteiger partial charge >= 0.3 is 5.97 Å². The van der Waals surface area contributed by atoms with Crippen LogP contribution in [0.1, 0.15) is 34.3 Å². The van der Waals surface area contributed by atoms with E-state index in [0.29, 0.717) is 16.1 Å². The summed E-state index contributed by atoms with van der Waals surface area (Å²) in [4.78, 5) is 16.8. The largest absolute Gasteiger partial charge is 0.465 e. The van der Waals surface area contributed by atoms with Crippen molar-refractivity contribution in [1.29, 1.82) is 0 Å². The fourth-order valence-electron chi connectivity index (χ4n) is 3.31. The summed E-state index contributed by atoms with van der Waals surface area (Å²) in [6, 6.07) is 15.1. The van der Waals surface area contributed by atoms with Gasteiger partial charge < -0.3 is 10.1 Å². The number of carbonyl (C=O) groups is 1. The van der Waals surface area contributed by atoms with Gasteiger partial charge in [-0.1, -0.05) is 30.0 Å². The highest BCUT2D eigenvalue weighted by molar-refractivity contribution is 7.99. The zero-order chi connectivity index (χ0) is 21.3. The second kappa shape index (κ2) is 10.8. The minimum absolute atomic E-state index is 0.139. The number of ether oxygens (including phenoxy) is 1. The smallest absolute Gasteiger partial charge is 0.340 e. The van der Waals surface area contributed by atoms with Gasteiger partial charge in [-0.2, -0.15) is 0 Å². The Bertz CT molecular complexity index is 1010. The van der Waals surface area contributed by atoms with Crippen molar-refractivity contribution in [2.45, 2.75) is 35.5 Å². The Morgan fingerprint density at radius 2 is 1.87 bits per heavy atom. The molecule has 0 aliphatic heterocycles. The van der Waals surface area contributed by atoms with Gasteiger partial charge in [0.2, 0.25) is 0 Å². The molecule has 4 rings (SSSR count). The molecule has 0 bridgehead atoms. The molecule has 1 aromatic heterocycles. The number of methoxy groups -OCH3 is 1. The van der Waals surface area contributed by atoms with Crippen LogP contribution in [-0.4, -0.2) is 25.1 Å². The number of rotatable bonds is 4. The zero-order valence-corrected chi connectivity index (χ0v) is 18.0. The van der Waals surface area contributed by atoms with Crippen LogP contribution in [0.3, 0.4) is 0 Å². The summed E-state index contributed by atoms with van der Waals surface area (Å²) in [7, 11) is 3.08. The summed E-state index contributed by atoms with van der Waals surface area (Å²) >= 11 is 1.51. The highest BCUT2D eigenvalue weighted by atomic mass is 32.2. The number of anilines is 1. The topological polar surface area (TPSA) is 51.2 Å². The fourth-order valence-corrected chi connectivity index (χ4v) is 4.21. The number of aromatic nitrogens is 1. The van der Waals surface area contributed by atoms with Gasteiger partial charge in [0.1, 0.15) is 5.82 Å². The molecular formula is C24H25FN2O2S. The van der Waals surface area contributed by atoms with Crippen LogP contribution in [-0.2, 0) is 17.6 Å². The lowest BCUT2D eigenvalue weighted by Crippen LogP contribution is -2.05. The standard InChI is InChI=1S/C16H15FS.C8H10N2O2/c17-15-7-3-4-8-16(15)18-14-10-9-12-5-1-2-6-13(12)11-14;1-9-7-5-10-4-3-6(7)8(11)12-2/h3-4,7-11H,1-2,5-6H2;3-5,9H,1-2H3. The number of carbonyl (C=O) groups excluding carboxylic acids is 1. The molecule has 3 aromatic rings.